The first-order valence-corrected chi connectivity index (χ1v) is 9.87. The molecule has 9 heteroatoms. The molecule has 0 radical (unpaired) electrons. The molecule has 0 spiro atoms. The molecule has 9 nitrogen and oxygen atoms in total. The first-order chi connectivity index (χ1) is 15.1. The standard InChI is InChI=1S/C22H23N5O4/c1-30-17-5-6-18(19(14-17)31-2)22(29)26-12-10-25(11-13-26)21(28)16-4-7-20(23-15-16)27-9-3-8-24-27/h3-9,14-15H,10-13H2,1-2H3. The predicted molar refractivity (Wildman–Crippen MR) is 113 cm³/mol. The number of rotatable bonds is 5. The van der Waals surface area contributed by atoms with E-state index in [2.05, 4.69) is 10.1 Å². The molecule has 0 bridgehead atoms. The Balaban J connectivity index is 1.39. The van der Waals surface area contributed by atoms with Crippen molar-refractivity contribution in [2.75, 3.05) is 40.4 Å². The summed E-state index contributed by atoms with van der Waals surface area (Å²) in [7, 11) is 3.08. The van der Waals surface area contributed by atoms with Gasteiger partial charge in [-0.15, -0.1) is 0 Å². The molecule has 1 fully saturated rings. The zero-order valence-electron chi connectivity index (χ0n) is 17.4. The van der Waals surface area contributed by atoms with Crippen LogP contribution in [0.5, 0.6) is 11.5 Å². The second-order valence-corrected chi connectivity index (χ2v) is 7.01. The maximum atomic E-state index is 13.0. The smallest absolute Gasteiger partial charge is 0.257 e. The van der Waals surface area contributed by atoms with Crippen molar-refractivity contribution in [2.45, 2.75) is 0 Å². The average molecular weight is 421 g/mol. The highest BCUT2D eigenvalue weighted by Crippen LogP contribution is 2.26. The van der Waals surface area contributed by atoms with Crippen molar-refractivity contribution in [1.29, 1.82) is 0 Å². The number of carbonyl (C=O) groups excluding carboxylic acids is 2. The molecule has 0 unspecified atom stereocenters. The van der Waals surface area contributed by atoms with Crippen LogP contribution in [0.25, 0.3) is 5.82 Å². The van der Waals surface area contributed by atoms with Gasteiger partial charge in [-0.25, -0.2) is 9.67 Å². The monoisotopic (exact) mass is 421 g/mol. The Morgan fingerprint density at radius 3 is 2.26 bits per heavy atom. The molecule has 1 aliphatic rings. The normalized spacial score (nSPS) is 13.7. The van der Waals surface area contributed by atoms with E-state index in [0.717, 1.165) is 0 Å². The van der Waals surface area contributed by atoms with Crippen LogP contribution in [0.3, 0.4) is 0 Å². The summed E-state index contributed by atoms with van der Waals surface area (Å²) in [4.78, 5) is 33.6. The molecule has 0 N–H and O–H groups in total. The van der Waals surface area contributed by atoms with E-state index in [1.54, 1.807) is 70.5 Å². The van der Waals surface area contributed by atoms with Crippen molar-refractivity contribution in [3.8, 4) is 17.3 Å². The van der Waals surface area contributed by atoms with Gasteiger partial charge in [0.1, 0.15) is 11.5 Å². The number of nitrogens with zero attached hydrogens (tertiary/aromatic N) is 5. The zero-order chi connectivity index (χ0) is 21.8. The summed E-state index contributed by atoms with van der Waals surface area (Å²) in [6.07, 6.45) is 5.01. The van der Waals surface area contributed by atoms with Crippen LogP contribution in [-0.4, -0.2) is 76.8 Å². The summed E-state index contributed by atoms with van der Waals surface area (Å²) in [6.45, 7) is 1.78. The molecule has 2 aromatic heterocycles. The van der Waals surface area contributed by atoms with Crippen LogP contribution >= 0.6 is 0 Å². The van der Waals surface area contributed by atoms with Gasteiger partial charge in [0.05, 0.1) is 25.3 Å². The minimum Gasteiger partial charge on any atom is -0.497 e. The van der Waals surface area contributed by atoms with E-state index in [1.807, 2.05) is 6.07 Å². The predicted octanol–water partition coefficient (Wildman–Crippen LogP) is 1.88. The maximum absolute atomic E-state index is 13.0. The van der Waals surface area contributed by atoms with E-state index >= 15 is 0 Å². The fraction of sp³-hybridized carbons (Fsp3) is 0.273. The minimum atomic E-state index is -0.128. The Morgan fingerprint density at radius 1 is 0.935 bits per heavy atom. The SMILES string of the molecule is COc1ccc(C(=O)N2CCN(C(=O)c3ccc(-n4cccn4)nc3)CC2)c(OC)c1. The molecule has 0 saturated carbocycles. The number of methoxy groups -OCH3 is 2. The van der Waals surface area contributed by atoms with Gasteiger partial charge < -0.3 is 19.3 Å². The topological polar surface area (TPSA) is 89.8 Å². The van der Waals surface area contributed by atoms with Gasteiger partial charge in [-0.3, -0.25) is 9.59 Å². The van der Waals surface area contributed by atoms with Crippen LogP contribution < -0.4 is 9.47 Å². The zero-order valence-corrected chi connectivity index (χ0v) is 17.4. The van der Waals surface area contributed by atoms with Crippen molar-refractivity contribution < 1.29 is 19.1 Å². The van der Waals surface area contributed by atoms with Gasteiger partial charge in [0.25, 0.3) is 11.8 Å². The molecule has 2 amide bonds. The first kappa shape index (κ1) is 20.4. The van der Waals surface area contributed by atoms with Crippen molar-refractivity contribution in [1.82, 2.24) is 24.6 Å². The molecule has 1 aromatic carbocycles. The van der Waals surface area contributed by atoms with E-state index in [0.29, 0.717) is 54.6 Å². The summed E-state index contributed by atoms with van der Waals surface area (Å²) in [6, 6.07) is 10.4. The van der Waals surface area contributed by atoms with Gasteiger partial charge in [-0.05, 0) is 30.3 Å². The number of benzene rings is 1. The highest BCUT2D eigenvalue weighted by Gasteiger charge is 2.27. The van der Waals surface area contributed by atoms with Crippen molar-refractivity contribution >= 4 is 11.8 Å². The molecule has 0 atom stereocenters. The van der Waals surface area contributed by atoms with Gasteiger partial charge >= 0.3 is 0 Å². The second kappa shape index (κ2) is 8.86. The lowest BCUT2D eigenvalue weighted by Crippen LogP contribution is -2.50. The van der Waals surface area contributed by atoms with Gasteiger partial charge in [0, 0.05) is 50.8 Å². The number of piperazine rings is 1. The van der Waals surface area contributed by atoms with E-state index in [4.69, 9.17) is 9.47 Å². The third kappa shape index (κ3) is 4.20. The minimum absolute atomic E-state index is 0.103. The van der Waals surface area contributed by atoms with Gasteiger partial charge in [-0.2, -0.15) is 5.10 Å². The Morgan fingerprint density at radius 2 is 1.68 bits per heavy atom. The van der Waals surface area contributed by atoms with Crippen LogP contribution in [0.1, 0.15) is 20.7 Å². The average Bonchev–Trinajstić information content (AvgIpc) is 3.38. The Labute approximate surface area is 179 Å². The molecule has 4 rings (SSSR count). The number of pyridine rings is 1. The van der Waals surface area contributed by atoms with Crippen molar-refractivity contribution in [3.05, 3.63) is 66.1 Å². The summed E-state index contributed by atoms with van der Waals surface area (Å²) in [5.41, 5.74) is 0.981. The lowest BCUT2D eigenvalue weighted by molar-refractivity contribution is 0.0533. The largest absolute Gasteiger partial charge is 0.497 e. The summed E-state index contributed by atoms with van der Waals surface area (Å²) in [5, 5.41) is 4.13. The van der Waals surface area contributed by atoms with E-state index < -0.39 is 0 Å². The second-order valence-electron chi connectivity index (χ2n) is 7.01. The van der Waals surface area contributed by atoms with Crippen LogP contribution in [0.2, 0.25) is 0 Å². The summed E-state index contributed by atoms with van der Waals surface area (Å²) in [5.74, 6) is 1.50. The quantitative estimate of drug-likeness (QED) is 0.625. The van der Waals surface area contributed by atoms with Crippen LogP contribution in [-0.2, 0) is 0 Å². The summed E-state index contributed by atoms with van der Waals surface area (Å²) < 4.78 is 12.2. The fourth-order valence-electron chi connectivity index (χ4n) is 3.49. The third-order valence-corrected chi connectivity index (χ3v) is 5.23. The Bertz CT molecular complexity index is 1060. The van der Waals surface area contributed by atoms with Crippen LogP contribution in [0, 0.1) is 0 Å². The first-order valence-electron chi connectivity index (χ1n) is 9.87. The molecule has 160 valence electrons. The molecule has 31 heavy (non-hydrogen) atoms. The van der Waals surface area contributed by atoms with Gasteiger partial charge in [0.2, 0.25) is 0 Å². The highest BCUT2D eigenvalue weighted by atomic mass is 16.5. The molecule has 3 aromatic rings. The Hall–Kier alpha value is -3.88. The van der Waals surface area contributed by atoms with Crippen molar-refractivity contribution in [2.24, 2.45) is 0 Å². The number of carbonyl (C=O) groups is 2. The molecule has 3 heterocycles. The van der Waals surface area contributed by atoms with E-state index in [9.17, 15) is 9.59 Å². The van der Waals surface area contributed by atoms with Crippen molar-refractivity contribution in [3.63, 3.8) is 0 Å². The van der Waals surface area contributed by atoms with Gasteiger partial charge in [0.15, 0.2) is 5.82 Å². The lowest BCUT2D eigenvalue weighted by Gasteiger charge is -2.35. The van der Waals surface area contributed by atoms with Crippen LogP contribution in [0.4, 0.5) is 0 Å². The molecular weight excluding hydrogens is 398 g/mol. The Kier molecular flexibility index (Phi) is 5.83. The number of ether oxygens (including phenoxy) is 2. The fourth-order valence-corrected chi connectivity index (χ4v) is 3.49. The lowest BCUT2D eigenvalue weighted by atomic mass is 10.1. The van der Waals surface area contributed by atoms with E-state index in [1.165, 1.54) is 7.11 Å². The maximum Gasteiger partial charge on any atom is 0.257 e. The number of hydrogen-bond donors (Lipinski definition) is 0. The van der Waals surface area contributed by atoms with Gasteiger partial charge in [-0.1, -0.05) is 0 Å². The molecule has 0 aliphatic carbocycles. The molecule has 1 saturated heterocycles. The third-order valence-electron chi connectivity index (χ3n) is 5.23. The number of aromatic nitrogens is 3. The van der Waals surface area contributed by atoms with Crippen LogP contribution in [0.15, 0.2) is 55.0 Å². The summed E-state index contributed by atoms with van der Waals surface area (Å²) >= 11 is 0. The number of hydrogen-bond acceptors (Lipinski definition) is 6. The molecule has 1 aliphatic heterocycles. The van der Waals surface area contributed by atoms with E-state index in [-0.39, 0.29) is 11.8 Å². The number of amides is 2. The highest BCUT2D eigenvalue weighted by molar-refractivity contribution is 5.98. The molecular formula is C22H23N5O4.